The van der Waals surface area contributed by atoms with E-state index in [9.17, 15) is 9.59 Å². The Morgan fingerprint density at radius 2 is 2.05 bits per heavy atom. The van der Waals surface area contributed by atoms with Crippen molar-refractivity contribution in [1.29, 1.82) is 0 Å². The van der Waals surface area contributed by atoms with Crippen molar-refractivity contribution >= 4 is 23.2 Å². The molecule has 1 aliphatic carbocycles. The van der Waals surface area contributed by atoms with Gasteiger partial charge in [-0.2, -0.15) is 0 Å². The van der Waals surface area contributed by atoms with Crippen LogP contribution in [0, 0.1) is 11.8 Å². The van der Waals surface area contributed by atoms with E-state index < -0.39 is 11.9 Å². The number of carbonyl (C=O) groups is 2. The Hall–Kier alpha value is -1.36. The van der Waals surface area contributed by atoms with Gasteiger partial charge in [-0.25, -0.2) is 0 Å². The summed E-state index contributed by atoms with van der Waals surface area (Å²) in [6.45, 7) is 0.586. The average Bonchev–Trinajstić information content (AvgIpc) is 2.91. The highest BCUT2D eigenvalue weighted by Gasteiger charge is 2.35. The van der Waals surface area contributed by atoms with E-state index in [1.165, 1.54) is 4.88 Å². The Morgan fingerprint density at radius 3 is 2.68 bits per heavy atom. The number of thiophene rings is 1. The second kappa shape index (κ2) is 6.70. The van der Waals surface area contributed by atoms with Crippen molar-refractivity contribution < 1.29 is 14.7 Å². The first kappa shape index (κ1) is 14.1. The van der Waals surface area contributed by atoms with Crippen LogP contribution in [-0.4, -0.2) is 23.5 Å². The summed E-state index contributed by atoms with van der Waals surface area (Å²) < 4.78 is 0. The maximum Gasteiger partial charge on any atom is 0.307 e. The van der Waals surface area contributed by atoms with Crippen molar-refractivity contribution in [2.75, 3.05) is 6.54 Å². The Labute approximate surface area is 116 Å². The standard InChI is InChI=1S/C14H19NO3S/c16-13(15-8-7-10-4-3-9-19-10)11-5-1-2-6-12(11)14(17)18/h3-4,9,11-12H,1-2,5-8H2,(H,15,16)(H,17,18). The lowest BCUT2D eigenvalue weighted by Gasteiger charge is -2.27. The first-order valence-electron chi connectivity index (χ1n) is 6.71. The smallest absolute Gasteiger partial charge is 0.307 e. The van der Waals surface area contributed by atoms with E-state index in [2.05, 4.69) is 5.32 Å². The number of rotatable bonds is 5. The van der Waals surface area contributed by atoms with E-state index in [4.69, 9.17) is 5.11 Å². The van der Waals surface area contributed by atoms with Gasteiger partial charge in [0.05, 0.1) is 11.8 Å². The van der Waals surface area contributed by atoms with Crippen LogP contribution in [-0.2, 0) is 16.0 Å². The summed E-state index contributed by atoms with van der Waals surface area (Å²) in [6.07, 6.45) is 4.00. The van der Waals surface area contributed by atoms with Crippen LogP contribution in [0.5, 0.6) is 0 Å². The van der Waals surface area contributed by atoms with Crippen molar-refractivity contribution in [3.8, 4) is 0 Å². The SMILES string of the molecule is O=C(O)C1CCCCC1C(=O)NCCc1cccs1. The lowest BCUT2D eigenvalue weighted by atomic mass is 9.78. The van der Waals surface area contributed by atoms with Gasteiger partial charge in [0, 0.05) is 11.4 Å². The summed E-state index contributed by atoms with van der Waals surface area (Å²) in [5.41, 5.74) is 0. The van der Waals surface area contributed by atoms with Gasteiger partial charge in [-0.05, 0) is 30.7 Å². The third-order valence-corrected chi connectivity index (χ3v) is 4.61. The summed E-state index contributed by atoms with van der Waals surface area (Å²) >= 11 is 1.67. The van der Waals surface area contributed by atoms with Crippen LogP contribution in [0.4, 0.5) is 0 Å². The predicted molar refractivity (Wildman–Crippen MR) is 74.1 cm³/mol. The summed E-state index contributed by atoms with van der Waals surface area (Å²) in [4.78, 5) is 24.5. The molecule has 0 bridgehead atoms. The van der Waals surface area contributed by atoms with Crippen LogP contribution in [0.15, 0.2) is 17.5 Å². The molecule has 5 heteroatoms. The van der Waals surface area contributed by atoms with Gasteiger partial charge in [-0.1, -0.05) is 18.9 Å². The van der Waals surface area contributed by atoms with E-state index in [1.54, 1.807) is 11.3 Å². The molecule has 1 aromatic heterocycles. The molecule has 2 N–H and O–H groups in total. The Bertz CT molecular complexity index is 430. The minimum atomic E-state index is -0.835. The molecule has 0 aliphatic heterocycles. The average molecular weight is 281 g/mol. The first-order chi connectivity index (χ1) is 9.18. The number of carbonyl (C=O) groups excluding carboxylic acids is 1. The largest absolute Gasteiger partial charge is 0.481 e. The molecule has 1 aliphatic rings. The maximum absolute atomic E-state index is 12.1. The molecule has 4 nitrogen and oxygen atoms in total. The van der Waals surface area contributed by atoms with Crippen LogP contribution in [0.25, 0.3) is 0 Å². The molecule has 1 saturated carbocycles. The number of carboxylic acids is 1. The van der Waals surface area contributed by atoms with E-state index in [1.807, 2.05) is 17.5 Å². The molecule has 2 rings (SSSR count). The summed E-state index contributed by atoms with van der Waals surface area (Å²) in [6, 6.07) is 4.03. The number of amides is 1. The van der Waals surface area contributed by atoms with E-state index in [0.717, 1.165) is 19.3 Å². The number of nitrogens with one attached hydrogen (secondary N) is 1. The molecular formula is C14H19NO3S. The molecule has 1 amide bonds. The molecule has 0 spiro atoms. The van der Waals surface area contributed by atoms with Gasteiger partial charge < -0.3 is 10.4 Å². The van der Waals surface area contributed by atoms with E-state index >= 15 is 0 Å². The summed E-state index contributed by atoms with van der Waals surface area (Å²) in [5.74, 6) is -1.79. The van der Waals surface area contributed by atoms with E-state index in [0.29, 0.717) is 19.4 Å². The topological polar surface area (TPSA) is 66.4 Å². The predicted octanol–water partition coefficient (Wildman–Crippen LogP) is 2.30. The van der Waals surface area contributed by atoms with Crippen LogP contribution in [0.3, 0.4) is 0 Å². The van der Waals surface area contributed by atoms with Crippen LogP contribution in [0.1, 0.15) is 30.6 Å². The monoisotopic (exact) mass is 281 g/mol. The normalized spacial score (nSPS) is 22.9. The Balaban J connectivity index is 1.82. The highest BCUT2D eigenvalue weighted by Crippen LogP contribution is 2.30. The molecule has 2 unspecified atom stereocenters. The van der Waals surface area contributed by atoms with Crippen molar-refractivity contribution in [2.24, 2.45) is 11.8 Å². The van der Waals surface area contributed by atoms with Gasteiger partial charge in [0.15, 0.2) is 0 Å². The fourth-order valence-electron chi connectivity index (χ4n) is 2.64. The summed E-state index contributed by atoms with van der Waals surface area (Å²) in [7, 11) is 0. The minimum Gasteiger partial charge on any atom is -0.481 e. The van der Waals surface area contributed by atoms with Crippen molar-refractivity contribution in [3.63, 3.8) is 0 Å². The molecule has 0 radical (unpaired) electrons. The molecule has 1 aromatic rings. The zero-order chi connectivity index (χ0) is 13.7. The molecular weight excluding hydrogens is 262 g/mol. The van der Waals surface area contributed by atoms with Gasteiger partial charge in [-0.15, -0.1) is 11.3 Å². The maximum atomic E-state index is 12.1. The zero-order valence-electron chi connectivity index (χ0n) is 10.8. The molecule has 0 saturated heterocycles. The third-order valence-electron chi connectivity index (χ3n) is 3.67. The van der Waals surface area contributed by atoms with Gasteiger partial charge in [-0.3, -0.25) is 9.59 Å². The number of aliphatic carboxylic acids is 1. The Kier molecular flexibility index (Phi) is 4.96. The fourth-order valence-corrected chi connectivity index (χ4v) is 3.34. The van der Waals surface area contributed by atoms with Crippen molar-refractivity contribution in [1.82, 2.24) is 5.32 Å². The van der Waals surface area contributed by atoms with Crippen LogP contribution >= 0.6 is 11.3 Å². The third kappa shape index (κ3) is 3.80. The highest BCUT2D eigenvalue weighted by molar-refractivity contribution is 7.09. The van der Waals surface area contributed by atoms with Gasteiger partial charge >= 0.3 is 5.97 Å². The van der Waals surface area contributed by atoms with Gasteiger partial charge in [0.1, 0.15) is 0 Å². The molecule has 1 fully saturated rings. The van der Waals surface area contributed by atoms with Crippen LogP contribution in [0.2, 0.25) is 0 Å². The summed E-state index contributed by atoms with van der Waals surface area (Å²) in [5, 5.41) is 14.0. The molecule has 2 atom stereocenters. The van der Waals surface area contributed by atoms with E-state index in [-0.39, 0.29) is 11.8 Å². The number of hydrogen-bond acceptors (Lipinski definition) is 3. The molecule has 1 heterocycles. The lowest BCUT2D eigenvalue weighted by molar-refractivity contribution is -0.148. The van der Waals surface area contributed by atoms with Gasteiger partial charge in [0.25, 0.3) is 0 Å². The second-order valence-corrected chi connectivity index (χ2v) is 5.99. The fraction of sp³-hybridized carbons (Fsp3) is 0.571. The van der Waals surface area contributed by atoms with Crippen molar-refractivity contribution in [2.45, 2.75) is 32.1 Å². The zero-order valence-corrected chi connectivity index (χ0v) is 11.6. The first-order valence-corrected chi connectivity index (χ1v) is 7.59. The quantitative estimate of drug-likeness (QED) is 0.870. The van der Waals surface area contributed by atoms with Gasteiger partial charge in [0.2, 0.25) is 5.91 Å². The highest BCUT2D eigenvalue weighted by atomic mass is 32.1. The number of hydrogen-bond donors (Lipinski definition) is 2. The molecule has 104 valence electrons. The van der Waals surface area contributed by atoms with Crippen molar-refractivity contribution in [3.05, 3.63) is 22.4 Å². The minimum absolute atomic E-state index is 0.0938. The number of carboxylic acid groups (broad SMARTS) is 1. The second-order valence-electron chi connectivity index (χ2n) is 4.96. The lowest BCUT2D eigenvalue weighted by Crippen LogP contribution is -2.40. The Morgan fingerprint density at radius 1 is 1.32 bits per heavy atom. The molecule has 19 heavy (non-hydrogen) atoms. The van der Waals surface area contributed by atoms with Crippen LogP contribution < -0.4 is 5.32 Å². The molecule has 0 aromatic carbocycles.